The third-order valence-corrected chi connectivity index (χ3v) is 3.69. The van der Waals surface area contributed by atoms with Gasteiger partial charge in [-0.1, -0.05) is 37.6 Å². The summed E-state index contributed by atoms with van der Waals surface area (Å²) >= 11 is 6.08. The lowest BCUT2D eigenvalue weighted by Crippen LogP contribution is -2.11. The molecular formula is C18H22ClNO2. The number of ether oxygens (including phenoxy) is 2. The van der Waals surface area contributed by atoms with E-state index in [4.69, 9.17) is 21.1 Å². The Hall–Kier alpha value is -1.87. The largest absolute Gasteiger partial charge is 0.495 e. The Morgan fingerprint density at radius 2 is 1.82 bits per heavy atom. The zero-order chi connectivity index (χ0) is 15.9. The lowest BCUT2D eigenvalue weighted by molar-refractivity contribution is 0.333. The summed E-state index contributed by atoms with van der Waals surface area (Å²) in [7, 11) is 1.60. The normalized spacial score (nSPS) is 10.6. The van der Waals surface area contributed by atoms with E-state index in [9.17, 15) is 0 Å². The van der Waals surface area contributed by atoms with E-state index < -0.39 is 0 Å². The molecule has 22 heavy (non-hydrogen) atoms. The first-order valence-electron chi connectivity index (χ1n) is 7.40. The summed E-state index contributed by atoms with van der Waals surface area (Å²) in [6.07, 6.45) is 0. The number of methoxy groups -OCH3 is 1. The van der Waals surface area contributed by atoms with Crippen LogP contribution in [0.3, 0.4) is 0 Å². The maximum Gasteiger partial charge on any atom is 0.137 e. The van der Waals surface area contributed by atoms with Gasteiger partial charge in [-0.2, -0.15) is 0 Å². The van der Waals surface area contributed by atoms with Crippen LogP contribution in [0.5, 0.6) is 11.5 Å². The van der Waals surface area contributed by atoms with E-state index in [0.29, 0.717) is 29.8 Å². The monoisotopic (exact) mass is 319 g/mol. The Morgan fingerprint density at radius 3 is 2.41 bits per heavy atom. The summed E-state index contributed by atoms with van der Waals surface area (Å²) < 4.78 is 10.8. The lowest BCUT2D eigenvalue weighted by atomic mass is 10.0. The van der Waals surface area contributed by atoms with Crippen molar-refractivity contribution in [3.63, 3.8) is 0 Å². The molecule has 2 aromatic rings. The van der Waals surface area contributed by atoms with E-state index in [1.54, 1.807) is 7.11 Å². The van der Waals surface area contributed by atoms with Crippen LogP contribution in [0.2, 0.25) is 5.02 Å². The smallest absolute Gasteiger partial charge is 0.137 e. The van der Waals surface area contributed by atoms with Gasteiger partial charge in [0.1, 0.15) is 18.1 Å². The highest BCUT2D eigenvalue weighted by molar-refractivity contribution is 6.32. The van der Waals surface area contributed by atoms with Crippen molar-refractivity contribution in [3.8, 4) is 11.5 Å². The molecule has 0 atom stereocenters. The average molecular weight is 320 g/mol. The molecule has 1 N–H and O–H groups in total. The molecule has 0 saturated carbocycles. The van der Waals surface area contributed by atoms with Crippen molar-refractivity contribution in [2.24, 2.45) is 0 Å². The van der Waals surface area contributed by atoms with Crippen LogP contribution in [-0.2, 0) is 0 Å². The molecule has 0 aliphatic carbocycles. The summed E-state index contributed by atoms with van der Waals surface area (Å²) in [5.74, 6) is 2.10. The van der Waals surface area contributed by atoms with Crippen molar-refractivity contribution in [1.29, 1.82) is 0 Å². The van der Waals surface area contributed by atoms with Gasteiger partial charge in [-0.05, 0) is 41.8 Å². The highest BCUT2D eigenvalue weighted by Gasteiger charge is 2.02. The van der Waals surface area contributed by atoms with Gasteiger partial charge in [0.25, 0.3) is 0 Å². The fraction of sp³-hybridized carbons (Fsp3) is 0.333. The van der Waals surface area contributed by atoms with Crippen LogP contribution >= 0.6 is 11.6 Å². The molecule has 0 amide bonds. The van der Waals surface area contributed by atoms with Crippen LogP contribution in [0.4, 0.5) is 5.69 Å². The average Bonchev–Trinajstić information content (AvgIpc) is 2.52. The minimum atomic E-state index is 0.538. The number of hydrogen-bond acceptors (Lipinski definition) is 3. The van der Waals surface area contributed by atoms with Crippen LogP contribution in [0.1, 0.15) is 25.3 Å². The van der Waals surface area contributed by atoms with Crippen molar-refractivity contribution in [1.82, 2.24) is 0 Å². The van der Waals surface area contributed by atoms with Crippen molar-refractivity contribution >= 4 is 17.3 Å². The molecule has 3 nitrogen and oxygen atoms in total. The molecule has 0 unspecified atom stereocenters. The van der Waals surface area contributed by atoms with Gasteiger partial charge in [-0.15, -0.1) is 0 Å². The first-order chi connectivity index (χ1) is 10.6. The van der Waals surface area contributed by atoms with Crippen molar-refractivity contribution in [2.45, 2.75) is 19.8 Å². The molecule has 4 heteroatoms. The molecule has 2 aromatic carbocycles. The highest BCUT2D eigenvalue weighted by atomic mass is 35.5. The Bertz CT molecular complexity index is 597. The van der Waals surface area contributed by atoms with Crippen LogP contribution in [0.25, 0.3) is 0 Å². The Balaban J connectivity index is 1.78. The summed E-state index contributed by atoms with van der Waals surface area (Å²) in [4.78, 5) is 0. The number of nitrogens with one attached hydrogen (secondary N) is 1. The standard InChI is InChI=1S/C18H22ClNO2/c1-13(2)14-4-7-16(8-5-14)22-11-10-20-15-6-9-18(21-3)17(19)12-15/h4-9,12-13,20H,10-11H2,1-3H3. The zero-order valence-electron chi connectivity index (χ0n) is 13.2. The molecule has 0 bridgehead atoms. The first kappa shape index (κ1) is 16.5. The lowest BCUT2D eigenvalue weighted by Gasteiger charge is -2.11. The van der Waals surface area contributed by atoms with Crippen molar-refractivity contribution in [3.05, 3.63) is 53.1 Å². The third-order valence-electron chi connectivity index (χ3n) is 3.40. The second kappa shape index (κ2) is 7.95. The quantitative estimate of drug-likeness (QED) is 0.731. The van der Waals surface area contributed by atoms with Crippen LogP contribution in [-0.4, -0.2) is 20.3 Å². The number of halogens is 1. The van der Waals surface area contributed by atoms with E-state index >= 15 is 0 Å². The molecule has 0 aromatic heterocycles. The van der Waals surface area contributed by atoms with Gasteiger partial charge in [0, 0.05) is 12.2 Å². The van der Waals surface area contributed by atoms with Gasteiger partial charge < -0.3 is 14.8 Å². The van der Waals surface area contributed by atoms with Gasteiger partial charge in [-0.3, -0.25) is 0 Å². The van der Waals surface area contributed by atoms with Crippen LogP contribution in [0, 0.1) is 0 Å². The van der Waals surface area contributed by atoms with E-state index in [1.165, 1.54) is 5.56 Å². The SMILES string of the molecule is COc1ccc(NCCOc2ccc(C(C)C)cc2)cc1Cl. The molecule has 0 radical (unpaired) electrons. The van der Waals surface area contributed by atoms with Crippen molar-refractivity contribution in [2.75, 3.05) is 25.6 Å². The molecule has 118 valence electrons. The molecule has 0 saturated heterocycles. The van der Waals surface area contributed by atoms with Gasteiger partial charge in [-0.25, -0.2) is 0 Å². The summed E-state index contributed by atoms with van der Waals surface area (Å²) in [6, 6.07) is 13.9. The third kappa shape index (κ3) is 4.57. The van der Waals surface area contributed by atoms with Gasteiger partial charge in [0.15, 0.2) is 0 Å². The molecule has 0 heterocycles. The Morgan fingerprint density at radius 1 is 1.09 bits per heavy atom. The maximum atomic E-state index is 6.08. The predicted octanol–water partition coefficient (Wildman–Crippen LogP) is 4.96. The maximum absolute atomic E-state index is 6.08. The van der Waals surface area contributed by atoms with Crippen molar-refractivity contribution < 1.29 is 9.47 Å². The van der Waals surface area contributed by atoms with Gasteiger partial charge >= 0.3 is 0 Å². The minimum Gasteiger partial charge on any atom is -0.495 e. The number of anilines is 1. The first-order valence-corrected chi connectivity index (χ1v) is 7.78. The predicted molar refractivity (Wildman–Crippen MR) is 92.5 cm³/mol. The van der Waals surface area contributed by atoms with E-state index in [0.717, 1.165) is 11.4 Å². The van der Waals surface area contributed by atoms with Gasteiger partial charge in [0.05, 0.1) is 12.1 Å². The van der Waals surface area contributed by atoms with E-state index in [-0.39, 0.29) is 0 Å². The molecular weight excluding hydrogens is 298 g/mol. The summed E-state index contributed by atoms with van der Waals surface area (Å²) in [5, 5.41) is 3.87. The van der Waals surface area contributed by atoms with Crippen LogP contribution < -0.4 is 14.8 Å². The second-order valence-electron chi connectivity index (χ2n) is 5.35. The molecule has 2 rings (SSSR count). The number of benzene rings is 2. The molecule has 0 aliphatic rings. The fourth-order valence-corrected chi connectivity index (χ4v) is 2.35. The zero-order valence-corrected chi connectivity index (χ0v) is 14.0. The van der Waals surface area contributed by atoms with E-state index in [1.807, 2.05) is 30.3 Å². The Labute approximate surface area is 137 Å². The summed E-state index contributed by atoms with van der Waals surface area (Å²) in [6.45, 7) is 5.65. The molecule has 0 spiro atoms. The van der Waals surface area contributed by atoms with Gasteiger partial charge in [0.2, 0.25) is 0 Å². The number of rotatable bonds is 7. The second-order valence-corrected chi connectivity index (χ2v) is 5.76. The fourth-order valence-electron chi connectivity index (χ4n) is 2.09. The Kier molecular flexibility index (Phi) is 5.96. The highest BCUT2D eigenvalue weighted by Crippen LogP contribution is 2.27. The topological polar surface area (TPSA) is 30.5 Å². The van der Waals surface area contributed by atoms with Crippen LogP contribution in [0.15, 0.2) is 42.5 Å². The minimum absolute atomic E-state index is 0.538. The van der Waals surface area contributed by atoms with E-state index in [2.05, 4.69) is 31.3 Å². The molecule has 0 fully saturated rings. The summed E-state index contributed by atoms with van der Waals surface area (Å²) in [5.41, 5.74) is 2.27. The molecule has 0 aliphatic heterocycles. The number of hydrogen-bond donors (Lipinski definition) is 1.